The molecular weight excluding hydrogens is 254 g/mol. The summed E-state index contributed by atoms with van der Waals surface area (Å²) >= 11 is 0. The average molecular weight is 283 g/mol. The first kappa shape index (κ1) is 15.7. The van der Waals surface area contributed by atoms with Gasteiger partial charge in [-0.2, -0.15) is 0 Å². The Morgan fingerprint density at radius 1 is 1.50 bits per heavy atom. The number of nitrogens with two attached hydrogens (primary N) is 1. The zero-order valence-corrected chi connectivity index (χ0v) is 12.9. The van der Waals surface area contributed by atoms with E-state index < -0.39 is 5.54 Å². The number of rotatable bonds is 6. The summed E-state index contributed by atoms with van der Waals surface area (Å²) < 4.78 is 5.30. The van der Waals surface area contributed by atoms with Gasteiger partial charge in [0.25, 0.3) is 0 Å². The molecule has 2 fully saturated rings. The maximum atomic E-state index is 11.8. The van der Waals surface area contributed by atoms with Crippen molar-refractivity contribution in [2.45, 2.75) is 50.6 Å². The lowest BCUT2D eigenvalue weighted by molar-refractivity contribution is -0.124. The molecule has 1 aliphatic carbocycles. The van der Waals surface area contributed by atoms with E-state index in [0.29, 0.717) is 12.0 Å². The van der Waals surface area contributed by atoms with Crippen molar-refractivity contribution < 1.29 is 9.53 Å². The molecule has 5 nitrogen and oxygen atoms in total. The van der Waals surface area contributed by atoms with Crippen LogP contribution in [0.15, 0.2) is 0 Å². The molecule has 1 saturated heterocycles. The highest BCUT2D eigenvalue weighted by Gasteiger charge is 2.45. The van der Waals surface area contributed by atoms with Crippen molar-refractivity contribution in [1.82, 2.24) is 10.2 Å². The summed E-state index contributed by atoms with van der Waals surface area (Å²) in [5.74, 6) is 0.448. The first-order valence-corrected chi connectivity index (χ1v) is 7.89. The number of likely N-dealkylation sites (N-methyl/N-ethyl adjacent to an activating group) is 1. The third-order valence-electron chi connectivity index (χ3n) is 4.94. The van der Waals surface area contributed by atoms with Crippen molar-refractivity contribution in [3.05, 3.63) is 0 Å². The smallest absolute Gasteiger partial charge is 0.237 e. The predicted molar refractivity (Wildman–Crippen MR) is 79.4 cm³/mol. The van der Waals surface area contributed by atoms with Gasteiger partial charge in [-0.05, 0) is 51.1 Å². The van der Waals surface area contributed by atoms with Gasteiger partial charge in [0.15, 0.2) is 0 Å². The molecule has 5 heteroatoms. The fourth-order valence-electron chi connectivity index (χ4n) is 3.94. The summed E-state index contributed by atoms with van der Waals surface area (Å²) in [7, 11) is 1.78. The van der Waals surface area contributed by atoms with E-state index in [1.165, 1.54) is 12.8 Å². The minimum atomic E-state index is -0.479. The highest BCUT2D eigenvalue weighted by molar-refractivity contribution is 5.85. The van der Waals surface area contributed by atoms with Crippen LogP contribution < -0.4 is 11.1 Å². The third kappa shape index (κ3) is 3.32. The summed E-state index contributed by atoms with van der Waals surface area (Å²) in [5.41, 5.74) is 5.17. The number of hydrogen-bond donors (Lipinski definition) is 2. The van der Waals surface area contributed by atoms with Crippen LogP contribution in [0.3, 0.4) is 0 Å². The summed E-state index contributed by atoms with van der Waals surface area (Å²) in [4.78, 5) is 14.4. The largest absolute Gasteiger partial charge is 0.384 e. The molecule has 1 aliphatic heterocycles. The number of carbonyl (C=O) groups is 1. The number of amides is 1. The monoisotopic (exact) mass is 283 g/mol. The van der Waals surface area contributed by atoms with Crippen molar-refractivity contribution in [1.29, 1.82) is 0 Å². The minimum Gasteiger partial charge on any atom is -0.384 e. The Bertz CT molecular complexity index is 335. The number of methoxy groups -OCH3 is 1. The molecule has 3 unspecified atom stereocenters. The normalized spacial score (nSPS) is 35.3. The maximum absolute atomic E-state index is 11.8. The lowest BCUT2D eigenvalue weighted by atomic mass is 9.94. The molecule has 0 radical (unpaired) electrons. The van der Waals surface area contributed by atoms with Crippen LogP contribution in [0.25, 0.3) is 0 Å². The highest BCUT2D eigenvalue weighted by atomic mass is 16.5. The van der Waals surface area contributed by atoms with Gasteiger partial charge in [-0.3, -0.25) is 9.69 Å². The molecule has 0 spiro atoms. The Hall–Kier alpha value is -0.650. The van der Waals surface area contributed by atoms with E-state index in [4.69, 9.17) is 10.5 Å². The second kappa shape index (κ2) is 6.87. The number of nitrogens with zero attached hydrogens (tertiary/aromatic N) is 1. The van der Waals surface area contributed by atoms with Gasteiger partial charge >= 0.3 is 0 Å². The van der Waals surface area contributed by atoms with Crippen LogP contribution in [0.2, 0.25) is 0 Å². The number of primary amides is 1. The van der Waals surface area contributed by atoms with E-state index in [0.717, 1.165) is 45.5 Å². The Kier molecular flexibility index (Phi) is 5.41. The number of ether oxygens (including phenoxy) is 1. The Labute approximate surface area is 122 Å². The lowest BCUT2D eigenvalue weighted by Gasteiger charge is -2.37. The second-order valence-corrected chi connectivity index (χ2v) is 6.33. The molecular formula is C15H29N3O2. The van der Waals surface area contributed by atoms with Crippen LogP contribution in [0, 0.1) is 5.92 Å². The van der Waals surface area contributed by atoms with Crippen molar-refractivity contribution in [2.24, 2.45) is 11.7 Å². The topological polar surface area (TPSA) is 67.6 Å². The molecule has 2 rings (SSSR count). The molecule has 3 atom stereocenters. The number of likely N-dealkylation sites (tertiary alicyclic amines) is 1. The van der Waals surface area contributed by atoms with Gasteiger partial charge < -0.3 is 15.8 Å². The van der Waals surface area contributed by atoms with Crippen LogP contribution in [0.4, 0.5) is 0 Å². The van der Waals surface area contributed by atoms with Gasteiger partial charge in [-0.25, -0.2) is 0 Å². The quantitative estimate of drug-likeness (QED) is 0.754. The Balaban J connectivity index is 1.95. The van der Waals surface area contributed by atoms with Gasteiger partial charge in [0.2, 0.25) is 5.91 Å². The first-order chi connectivity index (χ1) is 9.61. The molecule has 0 aromatic carbocycles. The Morgan fingerprint density at radius 2 is 2.30 bits per heavy atom. The zero-order valence-electron chi connectivity index (χ0n) is 12.9. The van der Waals surface area contributed by atoms with E-state index in [9.17, 15) is 4.79 Å². The number of nitrogens with one attached hydrogen (secondary N) is 1. The van der Waals surface area contributed by atoms with Crippen molar-refractivity contribution in [2.75, 3.05) is 33.4 Å². The van der Waals surface area contributed by atoms with Crippen LogP contribution in [0.1, 0.15) is 39.0 Å². The minimum absolute atomic E-state index is 0.188. The molecule has 1 saturated carbocycles. The van der Waals surface area contributed by atoms with E-state index in [1.807, 2.05) is 6.92 Å². The highest BCUT2D eigenvalue weighted by Crippen LogP contribution is 2.35. The number of carbonyl (C=O) groups excluding carboxylic acids is 1. The molecule has 0 aromatic heterocycles. The molecule has 3 N–H and O–H groups in total. The van der Waals surface area contributed by atoms with Gasteiger partial charge in [-0.1, -0.05) is 6.92 Å². The third-order valence-corrected chi connectivity index (χ3v) is 4.94. The van der Waals surface area contributed by atoms with E-state index in [2.05, 4.69) is 10.2 Å². The van der Waals surface area contributed by atoms with Crippen LogP contribution >= 0.6 is 0 Å². The Morgan fingerprint density at radius 3 is 2.95 bits per heavy atom. The molecule has 1 amide bonds. The molecule has 0 aromatic rings. The van der Waals surface area contributed by atoms with Gasteiger partial charge in [-0.15, -0.1) is 0 Å². The summed E-state index contributed by atoms with van der Waals surface area (Å²) in [6.07, 6.45) is 5.28. The SMILES string of the molecule is CCNC1(C(N)=O)CCC(N2CCCC(COC)C2)C1. The number of hydrogen-bond acceptors (Lipinski definition) is 4. The van der Waals surface area contributed by atoms with E-state index in [-0.39, 0.29) is 5.91 Å². The van der Waals surface area contributed by atoms with Crippen molar-refractivity contribution in [3.63, 3.8) is 0 Å². The first-order valence-electron chi connectivity index (χ1n) is 7.89. The fraction of sp³-hybridized carbons (Fsp3) is 0.933. The van der Waals surface area contributed by atoms with Crippen LogP contribution in [-0.4, -0.2) is 55.7 Å². The summed E-state index contributed by atoms with van der Waals surface area (Å²) in [5, 5.41) is 3.34. The lowest BCUT2D eigenvalue weighted by Crippen LogP contribution is -2.55. The van der Waals surface area contributed by atoms with Gasteiger partial charge in [0, 0.05) is 19.7 Å². The maximum Gasteiger partial charge on any atom is 0.237 e. The summed E-state index contributed by atoms with van der Waals surface area (Å²) in [6, 6.07) is 0.487. The summed E-state index contributed by atoms with van der Waals surface area (Å²) in [6.45, 7) is 5.91. The molecule has 20 heavy (non-hydrogen) atoms. The zero-order chi connectivity index (χ0) is 14.6. The fourth-order valence-corrected chi connectivity index (χ4v) is 3.94. The van der Waals surface area contributed by atoms with Crippen LogP contribution in [0.5, 0.6) is 0 Å². The van der Waals surface area contributed by atoms with Crippen molar-refractivity contribution >= 4 is 5.91 Å². The average Bonchev–Trinajstić information content (AvgIpc) is 2.86. The standard InChI is InChI=1S/C15H29N3O2/c1-3-17-15(14(16)19)7-6-13(9-15)18-8-4-5-12(10-18)11-20-2/h12-13,17H,3-11H2,1-2H3,(H2,16,19). The van der Waals surface area contributed by atoms with Crippen LogP contribution in [-0.2, 0) is 9.53 Å². The van der Waals surface area contributed by atoms with E-state index >= 15 is 0 Å². The predicted octanol–water partition coefficient (Wildman–Crippen LogP) is 0.731. The molecule has 1 heterocycles. The molecule has 116 valence electrons. The molecule has 2 aliphatic rings. The van der Waals surface area contributed by atoms with Gasteiger partial charge in [0.1, 0.15) is 0 Å². The number of piperidine rings is 1. The van der Waals surface area contributed by atoms with Gasteiger partial charge in [0.05, 0.1) is 12.1 Å². The second-order valence-electron chi connectivity index (χ2n) is 6.33. The van der Waals surface area contributed by atoms with Crippen molar-refractivity contribution in [3.8, 4) is 0 Å². The molecule has 0 bridgehead atoms. The van der Waals surface area contributed by atoms with E-state index in [1.54, 1.807) is 7.11 Å².